The molecule has 26 heavy (non-hydrogen) atoms. The Morgan fingerprint density at radius 3 is 3.04 bits per heavy atom. The summed E-state index contributed by atoms with van der Waals surface area (Å²) in [6.45, 7) is 1.66. The Bertz CT molecular complexity index is 787. The number of pyridine rings is 1. The Balaban J connectivity index is 1.57. The second-order valence-corrected chi connectivity index (χ2v) is 6.84. The van der Waals surface area contributed by atoms with Crippen LogP contribution in [0.4, 0.5) is 5.69 Å². The fraction of sp³-hybridized carbons (Fsp3) is 0.438. The first kappa shape index (κ1) is 17.0. The lowest BCUT2D eigenvalue weighted by Crippen LogP contribution is -2.61. The van der Waals surface area contributed by atoms with Gasteiger partial charge in [0.15, 0.2) is 5.69 Å². The van der Waals surface area contributed by atoms with E-state index in [0.29, 0.717) is 37.7 Å². The van der Waals surface area contributed by atoms with Gasteiger partial charge in [0.25, 0.3) is 11.8 Å². The van der Waals surface area contributed by atoms with Gasteiger partial charge in [-0.2, -0.15) is 0 Å². The average Bonchev–Trinajstić information content (AvgIpc) is 3.13. The van der Waals surface area contributed by atoms with Crippen molar-refractivity contribution in [1.29, 1.82) is 0 Å². The van der Waals surface area contributed by atoms with Gasteiger partial charge in [-0.15, -0.1) is 5.10 Å². The third kappa shape index (κ3) is 3.30. The van der Waals surface area contributed by atoms with Gasteiger partial charge in [0.05, 0.1) is 38.2 Å². The summed E-state index contributed by atoms with van der Waals surface area (Å²) >= 11 is 1.13. The summed E-state index contributed by atoms with van der Waals surface area (Å²) in [5.74, 6) is -0.355. The smallest absolute Gasteiger partial charge is 0.275 e. The topological polar surface area (TPSA) is 97.8 Å². The van der Waals surface area contributed by atoms with E-state index in [9.17, 15) is 9.59 Å². The average molecular weight is 375 g/mol. The maximum atomic E-state index is 12.7. The van der Waals surface area contributed by atoms with Crippen molar-refractivity contribution >= 4 is 29.0 Å². The first-order chi connectivity index (χ1) is 12.7. The van der Waals surface area contributed by atoms with Crippen LogP contribution in [0.3, 0.4) is 0 Å². The lowest BCUT2D eigenvalue weighted by atomic mass is 10.0. The molecule has 0 saturated carbocycles. The van der Waals surface area contributed by atoms with Crippen LogP contribution in [0.1, 0.15) is 10.5 Å². The van der Waals surface area contributed by atoms with Crippen LogP contribution in [-0.2, 0) is 14.3 Å². The molecule has 1 spiro atoms. The van der Waals surface area contributed by atoms with Gasteiger partial charge in [-0.05, 0) is 23.7 Å². The normalized spacial score (nSPS) is 23.9. The summed E-state index contributed by atoms with van der Waals surface area (Å²) in [6, 6.07) is 3.60. The molecule has 2 aliphatic rings. The van der Waals surface area contributed by atoms with Gasteiger partial charge in [-0.1, -0.05) is 4.49 Å². The molecule has 0 aliphatic carbocycles. The maximum Gasteiger partial charge on any atom is 0.275 e. The molecule has 2 aromatic rings. The second kappa shape index (κ2) is 7.06. The lowest BCUT2D eigenvalue weighted by Gasteiger charge is -2.42. The number of carbonyl (C=O) groups is 2. The predicted molar refractivity (Wildman–Crippen MR) is 91.9 cm³/mol. The van der Waals surface area contributed by atoms with Crippen molar-refractivity contribution in [2.75, 3.05) is 44.4 Å². The molecule has 2 aromatic heterocycles. The van der Waals surface area contributed by atoms with Gasteiger partial charge < -0.3 is 19.3 Å². The van der Waals surface area contributed by atoms with Gasteiger partial charge in [-0.3, -0.25) is 14.6 Å². The first-order valence-electron chi connectivity index (χ1n) is 8.15. The molecule has 0 aromatic carbocycles. The molecule has 2 amide bonds. The quantitative estimate of drug-likeness (QED) is 0.740. The van der Waals surface area contributed by atoms with Gasteiger partial charge in [-0.25, -0.2) is 0 Å². The van der Waals surface area contributed by atoms with E-state index < -0.39 is 5.60 Å². The Morgan fingerprint density at radius 1 is 1.35 bits per heavy atom. The molecule has 136 valence electrons. The number of nitrogens with zero attached hydrogens (tertiary/aromatic N) is 5. The van der Waals surface area contributed by atoms with Gasteiger partial charge in [0.2, 0.25) is 0 Å². The van der Waals surface area contributed by atoms with Crippen LogP contribution in [0, 0.1) is 0 Å². The van der Waals surface area contributed by atoms with Crippen molar-refractivity contribution in [3.8, 4) is 0 Å². The second-order valence-electron chi connectivity index (χ2n) is 6.23. The van der Waals surface area contributed by atoms with E-state index >= 15 is 0 Å². The largest absolute Gasteiger partial charge is 0.376 e. The molecule has 0 bridgehead atoms. The summed E-state index contributed by atoms with van der Waals surface area (Å²) in [5.41, 5.74) is 0.216. The SMILES string of the molecule is O=C(c1csnn1)N1CCOCC2(C1)CN(c1cccnc1)C(=O)CO2. The minimum Gasteiger partial charge on any atom is -0.376 e. The Labute approximate surface area is 153 Å². The number of morpholine rings is 1. The van der Waals surface area contributed by atoms with Gasteiger partial charge in [0.1, 0.15) is 12.2 Å². The number of amides is 2. The van der Waals surface area contributed by atoms with E-state index in [4.69, 9.17) is 9.47 Å². The number of carbonyl (C=O) groups excluding carboxylic acids is 2. The highest BCUT2D eigenvalue weighted by Gasteiger charge is 2.44. The molecule has 4 heterocycles. The molecule has 0 radical (unpaired) electrons. The van der Waals surface area contributed by atoms with E-state index in [0.717, 1.165) is 11.5 Å². The third-order valence-corrected chi connectivity index (χ3v) is 4.93. The molecular formula is C16H17N5O4S. The van der Waals surface area contributed by atoms with Crippen molar-refractivity contribution in [1.82, 2.24) is 19.5 Å². The van der Waals surface area contributed by atoms with Crippen LogP contribution in [0.5, 0.6) is 0 Å². The van der Waals surface area contributed by atoms with Crippen molar-refractivity contribution in [3.63, 3.8) is 0 Å². The molecule has 10 heteroatoms. The van der Waals surface area contributed by atoms with E-state index in [1.165, 1.54) is 0 Å². The summed E-state index contributed by atoms with van der Waals surface area (Å²) in [6.07, 6.45) is 3.29. The molecule has 2 fully saturated rings. The van der Waals surface area contributed by atoms with Crippen molar-refractivity contribution in [2.45, 2.75) is 5.60 Å². The lowest BCUT2D eigenvalue weighted by molar-refractivity contribution is -0.145. The van der Waals surface area contributed by atoms with Crippen molar-refractivity contribution in [3.05, 3.63) is 35.6 Å². The summed E-state index contributed by atoms with van der Waals surface area (Å²) < 4.78 is 15.3. The molecule has 1 atom stereocenters. The van der Waals surface area contributed by atoms with Gasteiger partial charge >= 0.3 is 0 Å². The van der Waals surface area contributed by atoms with E-state index in [1.54, 1.807) is 33.6 Å². The highest BCUT2D eigenvalue weighted by atomic mass is 32.1. The van der Waals surface area contributed by atoms with Crippen molar-refractivity contribution < 1.29 is 19.1 Å². The fourth-order valence-corrected chi connectivity index (χ4v) is 3.58. The Morgan fingerprint density at radius 2 is 2.27 bits per heavy atom. The monoisotopic (exact) mass is 375 g/mol. The predicted octanol–water partition coefficient (Wildman–Crippen LogP) is 0.208. The number of ether oxygens (including phenoxy) is 2. The molecular weight excluding hydrogens is 358 g/mol. The first-order valence-corrected chi connectivity index (χ1v) is 8.99. The fourth-order valence-electron chi connectivity index (χ4n) is 3.14. The molecule has 2 aliphatic heterocycles. The number of hydrogen-bond donors (Lipinski definition) is 0. The third-order valence-electron chi connectivity index (χ3n) is 4.42. The molecule has 2 saturated heterocycles. The van der Waals surface area contributed by atoms with Crippen LogP contribution in [-0.4, -0.2) is 76.3 Å². The van der Waals surface area contributed by atoms with E-state index in [2.05, 4.69) is 14.6 Å². The molecule has 0 N–H and O–H groups in total. The van der Waals surface area contributed by atoms with Crippen LogP contribution in [0.2, 0.25) is 0 Å². The molecule has 4 rings (SSSR count). The Kier molecular flexibility index (Phi) is 4.62. The van der Waals surface area contributed by atoms with Crippen molar-refractivity contribution in [2.24, 2.45) is 0 Å². The Hall–Kier alpha value is -2.43. The highest BCUT2D eigenvalue weighted by Crippen LogP contribution is 2.27. The maximum absolute atomic E-state index is 12.7. The number of aromatic nitrogens is 3. The van der Waals surface area contributed by atoms with Crippen LogP contribution in [0.15, 0.2) is 29.9 Å². The van der Waals surface area contributed by atoms with E-state index in [1.807, 2.05) is 6.07 Å². The van der Waals surface area contributed by atoms with Gasteiger partial charge in [0, 0.05) is 18.1 Å². The summed E-state index contributed by atoms with van der Waals surface area (Å²) in [5, 5.41) is 5.47. The number of rotatable bonds is 2. The minimum atomic E-state index is -0.792. The number of hydrogen-bond acceptors (Lipinski definition) is 8. The van der Waals surface area contributed by atoms with Crippen LogP contribution in [0.25, 0.3) is 0 Å². The number of anilines is 1. The standard InChI is InChI=1S/C16H17N5O4S/c22-14-7-25-16(10-21(14)12-2-1-3-17-6-12)9-20(4-5-24-11-16)15(23)13-8-26-19-18-13/h1-3,6,8H,4-5,7,9-11H2. The highest BCUT2D eigenvalue weighted by molar-refractivity contribution is 7.03. The van der Waals surface area contributed by atoms with E-state index in [-0.39, 0.29) is 25.0 Å². The summed E-state index contributed by atoms with van der Waals surface area (Å²) in [4.78, 5) is 32.4. The zero-order chi connectivity index (χ0) is 18.0. The minimum absolute atomic E-state index is 0.0709. The van der Waals surface area contributed by atoms with Crippen LogP contribution < -0.4 is 4.90 Å². The zero-order valence-electron chi connectivity index (χ0n) is 13.9. The molecule has 1 unspecified atom stereocenters. The molecule has 9 nitrogen and oxygen atoms in total. The van der Waals surface area contributed by atoms with Crippen LogP contribution >= 0.6 is 11.5 Å². The zero-order valence-corrected chi connectivity index (χ0v) is 14.7. The summed E-state index contributed by atoms with van der Waals surface area (Å²) in [7, 11) is 0.